The van der Waals surface area contributed by atoms with Gasteiger partial charge in [-0.2, -0.15) is 4.98 Å². The van der Waals surface area contributed by atoms with E-state index < -0.39 is 35.9 Å². The minimum absolute atomic E-state index is 0.0339. The first-order chi connectivity index (χ1) is 16.2. The van der Waals surface area contributed by atoms with Crippen molar-refractivity contribution in [2.24, 2.45) is 5.73 Å². The van der Waals surface area contributed by atoms with Crippen molar-refractivity contribution in [3.8, 4) is 0 Å². The summed E-state index contributed by atoms with van der Waals surface area (Å²) < 4.78 is 0. The van der Waals surface area contributed by atoms with Crippen molar-refractivity contribution in [1.82, 2.24) is 25.3 Å². The van der Waals surface area contributed by atoms with E-state index in [2.05, 4.69) is 25.3 Å². The number of fused-ring (bicyclic) bond motifs is 1. The summed E-state index contributed by atoms with van der Waals surface area (Å²) in [4.78, 5) is 62.8. The number of rotatable bonds is 10. The zero-order chi connectivity index (χ0) is 24.8. The standard InChI is InChI=1S/C20H22N8O6/c21-9-28(8-11-7-23-16-15(24-11)18(32)27-20(22)26-16)12-3-1-10(2-4-12)17(31)25-13(19(33)34)5-6-14(29)30/h1-4,7,13H,5-6,8-9,21H2,(H,25,31)(H,29,30)(H,33,34)(H3,22,23,26,27,32)/t13-/m0/s1. The molecule has 3 rings (SSSR count). The fourth-order valence-corrected chi connectivity index (χ4v) is 3.10. The summed E-state index contributed by atoms with van der Waals surface area (Å²) >= 11 is 0. The van der Waals surface area contributed by atoms with Crippen LogP contribution >= 0.6 is 0 Å². The van der Waals surface area contributed by atoms with Gasteiger partial charge in [0.25, 0.3) is 5.91 Å². The number of nitrogens with two attached hydrogens (primary N) is 2. The van der Waals surface area contributed by atoms with E-state index in [9.17, 15) is 24.3 Å². The number of anilines is 2. The topological polar surface area (TPSA) is 231 Å². The largest absolute Gasteiger partial charge is 0.481 e. The molecular formula is C20H22N8O6. The van der Waals surface area contributed by atoms with Crippen LogP contribution < -0.4 is 27.2 Å². The number of aromatic nitrogens is 4. The van der Waals surface area contributed by atoms with Gasteiger partial charge in [0.15, 0.2) is 11.2 Å². The first-order valence-electron chi connectivity index (χ1n) is 10.00. The van der Waals surface area contributed by atoms with Crippen molar-refractivity contribution >= 4 is 40.6 Å². The third-order valence-electron chi connectivity index (χ3n) is 4.81. The molecule has 3 aromatic rings. The van der Waals surface area contributed by atoms with E-state index in [0.29, 0.717) is 11.4 Å². The smallest absolute Gasteiger partial charge is 0.326 e. The van der Waals surface area contributed by atoms with Crippen LogP contribution in [0.1, 0.15) is 28.9 Å². The molecule has 2 heterocycles. The third kappa shape index (κ3) is 5.80. The zero-order valence-electron chi connectivity index (χ0n) is 17.8. The zero-order valence-corrected chi connectivity index (χ0v) is 17.8. The maximum absolute atomic E-state index is 12.4. The molecule has 8 N–H and O–H groups in total. The highest BCUT2D eigenvalue weighted by Gasteiger charge is 2.21. The normalized spacial score (nSPS) is 11.7. The molecule has 0 fully saturated rings. The Morgan fingerprint density at radius 1 is 1.15 bits per heavy atom. The highest BCUT2D eigenvalue weighted by Crippen LogP contribution is 2.17. The molecule has 0 spiro atoms. The Balaban J connectivity index is 1.72. The molecule has 0 bridgehead atoms. The number of aromatic amines is 1. The predicted octanol–water partition coefficient (Wildman–Crippen LogP) is -0.734. The minimum atomic E-state index is -1.33. The van der Waals surface area contributed by atoms with E-state index >= 15 is 0 Å². The Kier molecular flexibility index (Phi) is 7.33. The van der Waals surface area contributed by atoms with E-state index in [0.717, 1.165) is 0 Å². The Labute approximate surface area is 191 Å². The van der Waals surface area contributed by atoms with Crippen molar-refractivity contribution < 1.29 is 24.6 Å². The van der Waals surface area contributed by atoms with Crippen LogP contribution in [0.2, 0.25) is 0 Å². The highest BCUT2D eigenvalue weighted by atomic mass is 16.4. The van der Waals surface area contributed by atoms with Crippen LogP contribution in [0.5, 0.6) is 0 Å². The molecule has 1 aromatic carbocycles. The van der Waals surface area contributed by atoms with E-state index in [1.54, 1.807) is 17.0 Å². The second-order valence-electron chi connectivity index (χ2n) is 7.21. The number of nitrogens with one attached hydrogen (secondary N) is 2. The summed E-state index contributed by atoms with van der Waals surface area (Å²) in [5, 5.41) is 20.2. The van der Waals surface area contributed by atoms with Crippen LogP contribution in [0.3, 0.4) is 0 Å². The minimum Gasteiger partial charge on any atom is -0.481 e. The molecule has 1 atom stereocenters. The summed E-state index contributed by atoms with van der Waals surface area (Å²) in [6, 6.07) is 4.85. The average molecular weight is 470 g/mol. The SMILES string of the molecule is NCN(Cc1cnc2[nH]c(N)nc(=O)c2n1)c1ccc(C(=O)N[C@@H](CCC(=O)O)C(=O)O)cc1. The molecule has 0 saturated carbocycles. The number of aliphatic carboxylic acids is 2. The van der Waals surface area contributed by atoms with E-state index in [4.69, 9.17) is 16.6 Å². The highest BCUT2D eigenvalue weighted by molar-refractivity contribution is 5.97. The molecule has 1 amide bonds. The lowest BCUT2D eigenvalue weighted by atomic mass is 10.1. The summed E-state index contributed by atoms with van der Waals surface area (Å²) in [6.07, 6.45) is 0.827. The van der Waals surface area contributed by atoms with Gasteiger partial charge < -0.3 is 36.9 Å². The number of nitrogens with zero attached hydrogens (tertiary/aromatic N) is 4. The van der Waals surface area contributed by atoms with Crippen LogP contribution in [-0.2, 0) is 16.1 Å². The molecule has 14 nitrogen and oxygen atoms in total. The van der Waals surface area contributed by atoms with Crippen LogP contribution in [0.4, 0.5) is 11.6 Å². The van der Waals surface area contributed by atoms with Crippen molar-refractivity contribution in [3.05, 3.63) is 52.1 Å². The number of amides is 1. The summed E-state index contributed by atoms with van der Waals surface area (Å²) in [5.74, 6) is -3.21. The molecule has 178 valence electrons. The van der Waals surface area contributed by atoms with Gasteiger partial charge in [-0.1, -0.05) is 0 Å². The molecule has 14 heteroatoms. The van der Waals surface area contributed by atoms with Crippen molar-refractivity contribution in [3.63, 3.8) is 0 Å². The lowest BCUT2D eigenvalue weighted by Gasteiger charge is -2.22. The first kappa shape index (κ1) is 24.1. The Morgan fingerprint density at radius 2 is 1.85 bits per heavy atom. The van der Waals surface area contributed by atoms with Gasteiger partial charge in [0.05, 0.1) is 25.1 Å². The number of hydrogen-bond acceptors (Lipinski definition) is 10. The van der Waals surface area contributed by atoms with Crippen molar-refractivity contribution in [1.29, 1.82) is 0 Å². The van der Waals surface area contributed by atoms with Gasteiger partial charge in [0.1, 0.15) is 6.04 Å². The van der Waals surface area contributed by atoms with E-state index in [-0.39, 0.29) is 42.3 Å². The number of carboxylic acids is 2. The fraction of sp³-hybridized carbons (Fsp3) is 0.250. The van der Waals surface area contributed by atoms with Crippen LogP contribution in [0.15, 0.2) is 35.3 Å². The predicted molar refractivity (Wildman–Crippen MR) is 120 cm³/mol. The quantitative estimate of drug-likeness (QED) is 0.201. The van der Waals surface area contributed by atoms with Gasteiger partial charge in [0, 0.05) is 17.7 Å². The Hall–Kier alpha value is -4.59. The fourth-order valence-electron chi connectivity index (χ4n) is 3.10. The third-order valence-corrected chi connectivity index (χ3v) is 4.81. The molecule has 0 saturated heterocycles. The number of H-pyrrole nitrogens is 1. The van der Waals surface area contributed by atoms with Gasteiger partial charge in [-0.3, -0.25) is 14.4 Å². The number of hydrogen-bond donors (Lipinski definition) is 6. The lowest BCUT2D eigenvalue weighted by Crippen LogP contribution is -2.41. The van der Waals surface area contributed by atoms with Gasteiger partial charge in [-0.25, -0.2) is 14.8 Å². The lowest BCUT2D eigenvalue weighted by molar-refractivity contribution is -0.140. The van der Waals surface area contributed by atoms with Gasteiger partial charge in [-0.05, 0) is 30.7 Å². The summed E-state index contributed by atoms with van der Waals surface area (Å²) in [5.41, 5.74) is 12.2. The second kappa shape index (κ2) is 10.4. The first-order valence-corrected chi connectivity index (χ1v) is 10.00. The van der Waals surface area contributed by atoms with Crippen molar-refractivity contribution in [2.75, 3.05) is 17.3 Å². The molecule has 0 aliphatic rings. The van der Waals surface area contributed by atoms with Crippen LogP contribution in [-0.4, -0.2) is 60.7 Å². The molecule has 0 aliphatic heterocycles. The number of nitrogen functional groups attached to an aromatic ring is 1. The number of benzene rings is 1. The molecule has 2 aromatic heterocycles. The van der Waals surface area contributed by atoms with Gasteiger partial charge in [0.2, 0.25) is 5.95 Å². The summed E-state index contributed by atoms with van der Waals surface area (Å²) in [7, 11) is 0. The molecule has 0 unspecified atom stereocenters. The Bertz CT molecular complexity index is 1280. The molecule has 0 radical (unpaired) electrons. The monoisotopic (exact) mass is 470 g/mol. The van der Waals surface area contributed by atoms with Crippen molar-refractivity contribution in [2.45, 2.75) is 25.4 Å². The van der Waals surface area contributed by atoms with E-state index in [1.165, 1.54) is 18.3 Å². The molecular weight excluding hydrogens is 448 g/mol. The van der Waals surface area contributed by atoms with E-state index in [1.807, 2.05) is 0 Å². The maximum atomic E-state index is 12.4. The molecule has 0 aliphatic carbocycles. The van der Waals surface area contributed by atoms with Crippen LogP contribution in [0.25, 0.3) is 11.2 Å². The maximum Gasteiger partial charge on any atom is 0.326 e. The second-order valence-corrected chi connectivity index (χ2v) is 7.21. The molecule has 34 heavy (non-hydrogen) atoms. The van der Waals surface area contributed by atoms with Gasteiger partial charge in [-0.15, -0.1) is 0 Å². The van der Waals surface area contributed by atoms with Crippen LogP contribution in [0, 0.1) is 0 Å². The average Bonchev–Trinajstić information content (AvgIpc) is 2.80. The number of carboxylic acid groups (broad SMARTS) is 2. The Morgan fingerprint density at radius 3 is 2.47 bits per heavy atom. The number of carbonyl (C=O) groups is 3. The summed E-state index contributed by atoms with van der Waals surface area (Å²) in [6.45, 7) is 0.281. The number of carbonyl (C=O) groups excluding carboxylic acids is 1. The van der Waals surface area contributed by atoms with Gasteiger partial charge >= 0.3 is 17.5 Å².